The van der Waals surface area contributed by atoms with Crippen molar-refractivity contribution in [3.05, 3.63) is 35.4 Å². The summed E-state index contributed by atoms with van der Waals surface area (Å²) >= 11 is 0. The molecule has 20 heavy (non-hydrogen) atoms. The molecule has 6 heteroatoms. The number of hydrogen-bond acceptors (Lipinski definition) is 4. The summed E-state index contributed by atoms with van der Waals surface area (Å²) in [5, 5.41) is 33.7. The number of rotatable bonds is 6. The van der Waals surface area contributed by atoms with Gasteiger partial charge in [0.2, 0.25) is 0 Å². The van der Waals surface area contributed by atoms with Crippen LogP contribution in [0.15, 0.2) is 24.3 Å². The van der Waals surface area contributed by atoms with E-state index in [2.05, 4.69) is 0 Å². The van der Waals surface area contributed by atoms with Crippen LogP contribution in [0.1, 0.15) is 40.5 Å². The third-order valence-electron chi connectivity index (χ3n) is 2.55. The highest BCUT2D eigenvalue weighted by Crippen LogP contribution is 2.04. The predicted octanol–water partition coefficient (Wildman–Crippen LogP) is 1.47. The summed E-state index contributed by atoms with van der Waals surface area (Å²) in [6.45, 7) is 2.44. The molecule has 0 aliphatic heterocycles. The Bertz CT molecular complexity index is 379. The number of carbonyl (C=O) groups is 2. The molecule has 6 nitrogen and oxygen atoms in total. The third kappa shape index (κ3) is 7.50. The fourth-order valence-electron chi connectivity index (χ4n) is 1.29. The van der Waals surface area contributed by atoms with Gasteiger partial charge in [-0.2, -0.15) is 0 Å². The van der Waals surface area contributed by atoms with Crippen LogP contribution in [0, 0.1) is 5.92 Å². The topological polar surface area (TPSA) is 115 Å². The summed E-state index contributed by atoms with van der Waals surface area (Å²) in [5.41, 5.74) is 0.167. The van der Waals surface area contributed by atoms with E-state index in [1.165, 1.54) is 24.3 Å². The van der Waals surface area contributed by atoms with Gasteiger partial charge in [0.05, 0.1) is 11.1 Å². The standard InChI is InChI=1S/C8H6O4.C6H14O2/c9-7(10)5-1-2-6(4-3-5)8(11)12;1-6(5-8)3-2-4-7/h1-4H,(H,9,10)(H,11,12);6-8H,2-5H2,1H3. The molecule has 1 atom stereocenters. The molecule has 0 bridgehead atoms. The number of aromatic carboxylic acids is 2. The molecule has 112 valence electrons. The van der Waals surface area contributed by atoms with Crippen molar-refractivity contribution in [1.29, 1.82) is 0 Å². The van der Waals surface area contributed by atoms with E-state index in [1.54, 1.807) is 0 Å². The molecule has 1 rings (SSSR count). The zero-order valence-electron chi connectivity index (χ0n) is 11.3. The predicted molar refractivity (Wildman–Crippen MR) is 72.9 cm³/mol. The van der Waals surface area contributed by atoms with Crippen molar-refractivity contribution >= 4 is 11.9 Å². The van der Waals surface area contributed by atoms with Crippen LogP contribution in [0.3, 0.4) is 0 Å². The maximum Gasteiger partial charge on any atom is 0.335 e. The highest BCUT2D eigenvalue weighted by atomic mass is 16.4. The summed E-state index contributed by atoms with van der Waals surface area (Å²) < 4.78 is 0. The second-order valence-electron chi connectivity index (χ2n) is 4.34. The van der Waals surface area contributed by atoms with Crippen LogP contribution in [-0.4, -0.2) is 45.6 Å². The van der Waals surface area contributed by atoms with Crippen LogP contribution in [-0.2, 0) is 0 Å². The van der Waals surface area contributed by atoms with Gasteiger partial charge < -0.3 is 20.4 Å². The van der Waals surface area contributed by atoms with Crippen LogP contribution >= 0.6 is 0 Å². The zero-order valence-corrected chi connectivity index (χ0v) is 11.3. The van der Waals surface area contributed by atoms with E-state index in [9.17, 15) is 9.59 Å². The SMILES string of the molecule is CC(CO)CCCO.O=C(O)c1ccc(C(=O)O)cc1. The number of benzene rings is 1. The first kappa shape index (κ1) is 18.1. The van der Waals surface area contributed by atoms with Gasteiger partial charge in [-0.1, -0.05) is 6.92 Å². The molecule has 0 radical (unpaired) electrons. The van der Waals surface area contributed by atoms with E-state index in [1.807, 2.05) is 6.92 Å². The fraction of sp³-hybridized carbons (Fsp3) is 0.429. The van der Waals surface area contributed by atoms with Gasteiger partial charge in [-0.3, -0.25) is 0 Å². The molecule has 0 fully saturated rings. The summed E-state index contributed by atoms with van der Waals surface area (Å²) in [4.78, 5) is 20.7. The molecular weight excluding hydrogens is 264 g/mol. The van der Waals surface area contributed by atoms with Crippen molar-refractivity contribution in [2.75, 3.05) is 13.2 Å². The van der Waals surface area contributed by atoms with E-state index in [4.69, 9.17) is 20.4 Å². The van der Waals surface area contributed by atoms with Gasteiger partial charge >= 0.3 is 11.9 Å². The van der Waals surface area contributed by atoms with Gasteiger partial charge in [-0.15, -0.1) is 0 Å². The van der Waals surface area contributed by atoms with Gasteiger partial charge in [-0.25, -0.2) is 9.59 Å². The molecule has 1 unspecified atom stereocenters. The minimum atomic E-state index is -1.06. The molecule has 0 aliphatic carbocycles. The minimum Gasteiger partial charge on any atom is -0.478 e. The lowest BCUT2D eigenvalue weighted by Crippen LogP contribution is -2.00. The number of aliphatic hydroxyl groups excluding tert-OH is 2. The van der Waals surface area contributed by atoms with Gasteiger partial charge in [0.15, 0.2) is 0 Å². The lowest BCUT2D eigenvalue weighted by atomic mass is 10.1. The van der Waals surface area contributed by atoms with Crippen molar-refractivity contribution in [2.45, 2.75) is 19.8 Å². The van der Waals surface area contributed by atoms with Crippen LogP contribution in [0.4, 0.5) is 0 Å². The Morgan fingerprint density at radius 3 is 1.65 bits per heavy atom. The summed E-state index contributed by atoms with van der Waals surface area (Å²) in [5.74, 6) is -1.78. The van der Waals surface area contributed by atoms with E-state index in [-0.39, 0.29) is 24.3 Å². The molecule has 0 saturated heterocycles. The average Bonchev–Trinajstić information content (AvgIpc) is 2.45. The van der Waals surface area contributed by atoms with Crippen molar-refractivity contribution in [1.82, 2.24) is 0 Å². The maximum absolute atomic E-state index is 10.3. The molecule has 0 amide bonds. The quantitative estimate of drug-likeness (QED) is 0.629. The fourth-order valence-corrected chi connectivity index (χ4v) is 1.29. The Hall–Kier alpha value is -1.92. The Morgan fingerprint density at radius 2 is 1.40 bits per heavy atom. The first-order valence-electron chi connectivity index (χ1n) is 6.20. The van der Waals surface area contributed by atoms with E-state index < -0.39 is 11.9 Å². The van der Waals surface area contributed by atoms with Crippen LogP contribution in [0.5, 0.6) is 0 Å². The van der Waals surface area contributed by atoms with Gasteiger partial charge in [0, 0.05) is 13.2 Å². The molecule has 1 aromatic carbocycles. The number of aliphatic hydroxyl groups is 2. The van der Waals surface area contributed by atoms with Gasteiger partial charge in [0.1, 0.15) is 0 Å². The third-order valence-corrected chi connectivity index (χ3v) is 2.55. The van der Waals surface area contributed by atoms with E-state index in [0.717, 1.165) is 12.8 Å². The van der Waals surface area contributed by atoms with Crippen molar-refractivity contribution in [3.63, 3.8) is 0 Å². The largest absolute Gasteiger partial charge is 0.478 e. The second kappa shape index (κ2) is 9.94. The lowest BCUT2D eigenvalue weighted by molar-refractivity contribution is 0.0681. The van der Waals surface area contributed by atoms with Gasteiger partial charge in [0.25, 0.3) is 0 Å². The summed E-state index contributed by atoms with van der Waals surface area (Å²) in [6.07, 6.45) is 1.73. The molecule has 0 saturated carbocycles. The van der Waals surface area contributed by atoms with Crippen LogP contribution in [0.2, 0.25) is 0 Å². The van der Waals surface area contributed by atoms with Crippen molar-refractivity contribution in [2.24, 2.45) is 5.92 Å². The Morgan fingerprint density at radius 1 is 1.00 bits per heavy atom. The minimum absolute atomic E-state index is 0.0833. The lowest BCUT2D eigenvalue weighted by Gasteiger charge is -2.03. The molecule has 0 aliphatic rings. The smallest absolute Gasteiger partial charge is 0.335 e. The van der Waals surface area contributed by atoms with Crippen molar-refractivity contribution in [3.8, 4) is 0 Å². The first-order valence-corrected chi connectivity index (χ1v) is 6.20. The summed E-state index contributed by atoms with van der Waals surface area (Å²) in [7, 11) is 0. The molecule has 4 N–H and O–H groups in total. The highest BCUT2D eigenvalue weighted by Gasteiger charge is 2.04. The molecule has 0 heterocycles. The molecular formula is C14H20O6. The summed E-state index contributed by atoms with van der Waals surface area (Å²) in [6, 6.07) is 5.02. The van der Waals surface area contributed by atoms with Crippen LogP contribution in [0.25, 0.3) is 0 Å². The van der Waals surface area contributed by atoms with E-state index in [0.29, 0.717) is 5.92 Å². The monoisotopic (exact) mass is 284 g/mol. The highest BCUT2D eigenvalue weighted by molar-refractivity contribution is 5.91. The number of hydrogen-bond donors (Lipinski definition) is 4. The van der Waals surface area contributed by atoms with Gasteiger partial charge in [-0.05, 0) is 43.0 Å². The molecule has 0 aromatic heterocycles. The van der Waals surface area contributed by atoms with Crippen LogP contribution < -0.4 is 0 Å². The molecule has 0 spiro atoms. The van der Waals surface area contributed by atoms with E-state index >= 15 is 0 Å². The normalized spacial score (nSPS) is 11.2. The number of carboxylic acid groups (broad SMARTS) is 2. The molecule has 1 aromatic rings. The maximum atomic E-state index is 10.3. The average molecular weight is 284 g/mol. The second-order valence-corrected chi connectivity index (χ2v) is 4.34. The Balaban J connectivity index is 0.000000396. The number of carboxylic acids is 2. The van der Waals surface area contributed by atoms with Crippen molar-refractivity contribution < 1.29 is 30.0 Å². The Kier molecular flexibility index (Phi) is 8.98. The first-order chi connectivity index (χ1) is 9.42. The zero-order chi connectivity index (χ0) is 15.5. The Labute approximate surface area is 117 Å².